The molecule has 1 amide bonds. The summed E-state index contributed by atoms with van der Waals surface area (Å²) in [5.41, 5.74) is 6.85. The van der Waals surface area contributed by atoms with Crippen LogP contribution in [0.3, 0.4) is 0 Å². The van der Waals surface area contributed by atoms with Crippen LogP contribution in [0.5, 0.6) is 0 Å². The number of hydrogen-bond acceptors (Lipinski definition) is 2. The molecule has 0 aliphatic carbocycles. The second-order valence-corrected chi connectivity index (χ2v) is 7.22. The quantitative estimate of drug-likeness (QED) is 0.541. The minimum absolute atomic E-state index is 0.0510. The molecule has 142 valence electrons. The molecule has 1 unspecified atom stereocenters. The zero-order chi connectivity index (χ0) is 19.7. The van der Waals surface area contributed by atoms with Crippen molar-refractivity contribution in [1.82, 2.24) is 20.1 Å². The van der Waals surface area contributed by atoms with Gasteiger partial charge in [-0.15, -0.1) is 0 Å². The SMILES string of the molecule is Cc1cc(CNC(=O)C(C)n2cccn2)c2[nH]c(-c3ccccc3)c(C)c2c1. The Morgan fingerprint density at radius 2 is 1.96 bits per heavy atom. The Kier molecular flexibility index (Phi) is 4.74. The summed E-state index contributed by atoms with van der Waals surface area (Å²) in [6, 6.07) is 16.1. The highest BCUT2D eigenvalue weighted by atomic mass is 16.2. The summed E-state index contributed by atoms with van der Waals surface area (Å²) in [6.45, 7) is 6.55. The number of H-pyrrole nitrogens is 1. The topological polar surface area (TPSA) is 62.7 Å². The highest BCUT2D eigenvalue weighted by Gasteiger charge is 2.17. The van der Waals surface area contributed by atoms with Gasteiger partial charge in [-0.3, -0.25) is 9.48 Å². The molecule has 1 atom stereocenters. The zero-order valence-electron chi connectivity index (χ0n) is 16.4. The second kappa shape index (κ2) is 7.35. The molecule has 0 radical (unpaired) electrons. The minimum atomic E-state index is -0.347. The number of benzene rings is 2. The Hall–Kier alpha value is -3.34. The number of aryl methyl sites for hydroxylation is 2. The van der Waals surface area contributed by atoms with Crippen LogP contribution < -0.4 is 5.32 Å². The van der Waals surface area contributed by atoms with Gasteiger partial charge in [0.05, 0.1) is 5.52 Å². The number of aromatic amines is 1. The van der Waals surface area contributed by atoms with Gasteiger partial charge in [0, 0.05) is 30.0 Å². The van der Waals surface area contributed by atoms with E-state index in [0.29, 0.717) is 6.54 Å². The molecule has 0 fully saturated rings. The first-order valence-electron chi connectivity index (χ1n) is 9.48. The van der Waals surface area contributed by atoms with Crippen molar-refractivity contribution in [1.29, 1.82) is 0 Å². The van der Waals surface area contributed by atoms with Crippen molar-refractivity contribution >= 4 is 16.8 Å². The molecule has 28 heavy (non-hydrogen) atoms. The fraction of sp³-hybridized carbons (Fsp3) is 0.217. The third-order valence-corrected chi connectivity index (χ3v) is 5.21. The van der Waals surface area contributed by atoms with Gasteiger partial charge in [0.15, 0.2) is 0 Å². The van der Waals surface area contributed by atoms with E-state index in [2.05, 4.69) is 53.5 Å². The van der Waals surface area contributed by atoms with Crippen LogP contribution >= 0.6 is 0 Å². The number of fused-ring (bicyclic) bond motifs is 1. The van der Waals surface area contributed by atoms with Gasteiger partial charge in [-0.1, -0.05) is 42.0 Å². The molecule has 5 nitrogen and oxygen atoms in total. The lowest BCUT2D eigenvalue weighted by Crippen LogP contribution is -2.30. The number of carbonyl (C=O) groups excluding carboxylic acids is 1. The van der Waals surface area contributed by atoms with Crippen molar-refractivity contribution in [2.75, 3.05) is 0 Å². The van der Waals surface area contributed by atoms with E-state index in [0.717, 1.165) is 22.3 Å². The van der Waals surface area contributed by atoms with E-state index in [-0.39, 0.29) is 11.9 Å². The van der Waals surface area contributed by atoms with Crippen molar-refractivity contribution in [2.45, 2.75) is 33.4 Å². The van der Waals surface area contributed by atoms with Crippen molar-refractivity contribution in [3.8, 4) is 11.3 Å². The van der Waals surface area contributed by atoms with Crippen LogP contribution in [-0.4, -0.2) is 20.7 Å². The maximum atomic E-state index is 12.5. The van der Waals surface area contributed by atoms with Crippen LogP contribution in [0.15, 0.2) is 60.9 Å². The standard InChI is InChI=1S/C23H24N4O/c1-15-12-19(14-24-23(28)17(3)27-11-7-10-25-27)22-20(13-15)16(2)21(26-22)18-8-5-4-6-9-18/h4-13,17,26H,14H2,1-3H3,(H,24,28). The molecule has 0 aliphatic heterocycles. The monoisotopic (exact) mass is 372 g/mol. The molecule has 5 heteroatoms. The normalized spacial score (nSPS) is 12.2. The molecule has 2 aromatic carbocycles. The minimum Gasteiger partial charge on any atom is -0.354 e. The maximum absolute atomic E-state index is 12.5. The highest BCUT2D eigenvalue weighted by Crippen LogP contribution is 2.32. The number of aromatic nitrogens is 3. The smallest absolute Gasteiger partial charge is 0.244 e. The Labute approximate surface area is 164 Å². The van der Waals surface area contributed by atoms with E-state index < -0.39 is 0 Å². The van der Waals surface area contributed by atoms with Crippen molar-refractivity contribution < 1.29 is 4.79 Å². The lowest BCUT2D eigenvalue weighted by molar-refractivity contribution is -0.124. The fourth-order valence-electron chi connectivity index (χ4n) is 3.65. The van der Waals surface area contributed by atoms with Gasteiger partial charge in [0.1, 0.15) is 6.04 Å². The Morgan fingerprint density at radius 1 is 1.18 bits per heavy atom. The molecular formula is C23H24N4O. The average molecular weight is 372 g/mol. The second-order valence-electron chi connectivity index (χ2n) is 7.22. The van der Waals surface area contributed by atoms with E-state index in [1.165, 1.54) is 16.5 Å². The number of carbonyl (C=O) groups is 1. The van der Waals surface area contributed by atoms with Gasteiger partial charge < -0.3 is 10.3 Å². The van der Waals surface area contributed by atoms with E-state index in [1.807, 2.05) is 31.2 Å². The van der Waals surface area contributed by atoms with Gasteiger partial charge in [-0.2, -0.15) is 5.10 Å². The number of amides is 1. The molecule has 2 aromatic heterocycles. The summed E-state index contributed by atoms with van der Waals surface area (Å²) in [5, 5.41) is 8.41. The lowest BCUT2D eigenvalue weighted by Gasteiger charge is -2.13. The Bertz CT molecular complexity index is 1110. The molecule has 0 saturated carbocycles. The number of nitrogens with zero attached hydrogens (tertiary/aromatic N) is 2. The highest BCUT2D eigenvalue weighted by molar-refractivity contribution is 5.93. The van der Waals surface area contributed by atoms with E-state index in [4.69, 9.17) is 0 Å². The predicted molar refractivity (Wildman–Crippen MR) is 112 cm³/mol. The molecule has 2 N–H and O–H groups in total. The third kappa shape index (κ3) is 3.31. The molecular weight excluding hydrogens is 348 g/mol. The number of hydrogen-bond donors (Lipinski definition) is 2. The maximum Gasteiger partial charge on any atom is 0.244 e. The first-order valence-corrected chi connectivity index (χ1v) is 9.48. The van der Waals surface area contributed by atoms with E-state index in [9.17, 15) is 4.79 Å². The Morgan fingerprint density at radius 3 is 2.68 bits per heavy atom. The number of rotatable bonds is 5. The molecule has 2 heterocycles. The lowest BCUT2D eigenvalue weighted by atomic mass is 10.0. The van der Waals surface area contributed by atoms with Crippen LogP contribution in [0.2, 0.25) is 0 Å². The van der Waals surface area contributed by atoms with Gasteiger partial charge in [0.25, 0.3) is 0 Å². The zero-order valence-corrected chi connectivity index (χ0v) is 16.4. The average Bonchev–Trinajstić information content (AvgIpc) is 3.35. The molecule has 4 rings (SSSR count). The first-order chi connectivity index (χ1) is 13.5. The first kappa shape index (κ1) is 18.0. The van der Waals surface area contributed by atoms with Gasteiger partial charge in [-0.05, 0) is 49.6 Å². The summed E-state index contributed by atoms with van der Waals surface area (Å²) < 4.78 is 1.66. The molecule has 4 aromatic rings. The van der Waals surface area contributed by atoms with Crippen molar-refractivity contribution in [2.24, 2.45) is 0 Å². The van der Waals surface area contributed by atoms with Gasteiger partial charge >= 0.3 is 0 Å². The van der Waals surface area contributed by atoms with Crippen LogP contribution in [-0.2, 0) is 11.3 Å². The third-order valence-electron chi connectivity index (χ3n) is 5.21. The van der Waals surface area contributed by atoms with E-state index in [1.54, 1.807) is 17.1 Å². The van der Waals surface area contributed by atoms with Crippen LogP contribution in [0.4, 0.5) is 0 Å². The van der Waals surface area contributed by atoms with Crippen LogP contribution in [0.1, 0.15) is 29.7 Å². The predicted octanol–water partition coefficient (Wildman–Crippen LogP) is 4.53. The molecule has 0 aliphatic rings. The number of nitrogens with one attached hydrogen (secondary N) is 2. The largest absolute Gasteiger partial charge is 0.354 e. The van der Waals surface area contributed by atoms with Crippen LogP contribution in [0, 0.1) is 13.8 Å². The fourth-order valence-corrected chi connectivity index (χ4v) is 3.65. The van der Waals surface area contributed by atoms with E-state index >= 15 is 0 Å². The summed E-state index contributed by atoms with van der Waals surface area (Å²) in [5.74, 6) is -0.0510. The molecule has 0 saturated heterocycles. The summed E-state index contributed by atoms with van der Waals surface area (Å²) in [7, 11) is 0. The summed E-state index contributed by atoms with van der Waals surface area (Å²) in [6.07, 6.45) is 3.48. The van der Waals surface area contributed by atoms with Crippen molar-refractivity contribution in [3.63, 3.8) is 0 Å². The Balaban J connectivity index is 1.65. The summed E-state index contributed by atoms with van der Waals surface area (Å²) in [4.78, 5) is 16.1. The summed E-state index contributed by atoms with van der Waals surface area (Å²) >= 11 is 0. The van der Waals surface area contributed by atoms with Crippen molar-refractivity contribution in [3.05, 3.63) is 77.6 Å². The van der Waals surface area contributed by atoms with Gasteiger partial charge in [0.2, 0.25) is 5.91 Å². The van der Waals surface area contributed by atoms with Gasteiger partial charge in [-0.25, -0.2) is 0 Å². The molecule has 0 bridgehead atoms. The molecule has 0 spiro atoms. The van der Waals surface area contributed by atoms with Crippen LogP contribution in [0.25, 0.3) is 22.2 Å².